The Morgan fingerprint density at radius 1 is 1.14 bits per heavy atom. The molecular formula is C17H17N3O. The first-order valence-electron chi connectivity index (χ1n) is 7.08. The van der Waals surface area contributed by atoms with Gasteiger partial charge in [-0.25, -0.2) is 0 Å². The Balaban J connectivity index is 1.53. The van der Waals surface area contributed by atoms with E-state index in [0.717, 1.165) is 24.0 Å². The minimum absolute atomic E-state index is 0.0426. The van der Waals surface area contributed by atoms with Crippen molar-refractivity contribution in [3.8, 4) is 0 Å². The van der Waals surface area contributed by atoms with E-state index < -0.39 is 0 Å². The molecule has 0 spiro atoms. The third kappa shape index (κ3) is 3.28. The Hall–Kier alpha value is -2.62. The number of aromatic nitrogens is 2. The molecular weight excluding hydrogens is 262 g/mol. The van der Waals surface area contributed by atoms with E-state index in [1.165, 1.54) is 10.9 Å². The Morgan fingerprint density at radius 2 is 1.95 bits per heavy atom. The number of anilines is 1. The second-order valence-electron chi connectivity index (χ2n) is 5.00. The van der Waals surface area contributed by atoms with Crippen LogP contribution in [0.25, 0.3) is 10.9 Å². The molecule has 0 aliphatic rings. The summed E-state index contributed by atoms with van der Waals surface area (Å²) >= 11 is 0. The van der Waals surface area contributed by atoms with Gasteiger partial charge in [0.15, 0.2) is 0 Å². The van der Waals surface area contributed by atoms with Gasteiger partial charge in [0, 0.05) is 41.6 Å². The fourth-order valence-electron chi connectivity index (χ4n) is 2.44. The van der Waals surface area contributed by atoms with Crippen LogP contribution in [0.1, 0.15) is 18.4 Å². The van der Waals surface area contributed by atoms with Crippen LogP contribution >= 0.6 is 0 Å². The number of aromatic amines is 1. The molecule has 4 nitrogen and oxygen atoms in total. The van der Waals surface area contributed by atoms with E-state index in [1.54, 1.807) is 24.5 Å². The van der Waals surface area contributed by atoms with Crippen LogP contribution in [0.3, 0.4) is 0 Å². The molecule has 0 unspecified atom stereocenters. The van der Waals surface area contributed by atoms with Crippen molar-refractivity contribution in [3.63, 3.8) is 0 Å². The highest BCUT2D eigenvalue weighted by atomic mass is 16.1. The van der Waals surface area contributed by atoms with E-state index in [0.29, 0.717) is 6.42 Å². The molecule has 0 aliphatic carbocycles. The van der Waals surface area contributed by atoms with E-state index in [-0.39, 0.29) is 5.91 Å². The average molecular weight is 279 g/mol. The van der Waals surface area contributed by atoms with Crippen LogP contribution < -0.4 is 5.32 Å². The number of para-hydroxylation sites is 1. The van der Waals surface area contributed by atoms with E-state index in [9.17, 15) is 4.79 Å². The first-order valence-corrected chi connectivity index (χ1v) is 7.08. The molecule has 3 rings (SSSR count). The fourth-order valence-corrected chi connectivity index (χ4v) is 2.44. The Bertz CT molecular complexity index is 734. The first kappa shape index (κ1) is 13.4. The maximum atomic E-state index is 11.9. The number of H-pyrrole nitrogens is 1. The number of aryl methyl sites for hydroxylation is 1. The van der Waals surface area contributed by atoms with Crippen LogP contribution in [0, 0.1) is 0 Å². The molecule has 4 heteroatoms. The topological polar surface area (TPSA) is 57.8 Å². The van der Waals surface area contributed by atoms with Gasteiger partial charge >= 0.3 is 0 Å². The number of rotatable bonds is 5. The van der Waals surface area contributed by atoms with Crippen molar-refractivity contribution in [3.05, 3.63) is 60.6 Å². The molecule has 0 radical (unpaired) electrons. The van der Waals surface area contributed by atoms with Crippen molar-refractivity contribution in [1.82, 2.24) is 9.97 Å². The van der Waals surface area contributed by atoms with Gasteiger partial charge in [0.25, 0.3) is 0 Å². The van der Waals surface area contributed by atoms with Gasteiger partial charge in [0.1, 0.15) is 0 Å². The van der Waals surface area contributed by atoms with Gasteiger partial charge in [-0.15, -0.1) is 0 Å². The lowest BCUT2D eigenvalue weighted by atomic mass is 10.1. The number of carbonyl (C=O) groups excluding carboxylic acids is 1. The number of carbonyl (C=O) groups is 1. The molecule has 0 bridgehead atoms. The first-order chi connectivity index (χ1) is 10.3. The maximum absolute atomic E-state index is 11.9. The Kier molecular flexibility index (Phi) is 3.96. The lowest BCUT2D eigenvalue weighted by Crippen LogP contribution is -2.11. The number of amides is 1. The summed E-state index contributed by atoms with van der Waals surface area (Å²) in [5.41, 5.74) is 3.21. The largest absolute Gasteiger partial charge is 0.361 e. The molecule has 1 amide bonds. The smallest absolute Gasteiger partial charge is 0.224 e. The van der Waals surface area contributed by atoms with Crippen LogP contribution in [0.5, 0.6) is 0 Å². The SMILES string of the molecule is O=C(CCCc1c[nH]c2ccccc12)Nc1ccncc1. The summed E-state index contributed by atoms with van der Waals surface area (Å²) < 4.78 is 0. The average Bonchev–Trinajstić information content (AvgIpc) is 2.92. The van der Waals surface area contributed by atoms with Crippen LogP contribution in [0.2, 0.25) is 0 Å². The molecule has 0 saturated carbocycles. The number of hydrogen-bond acceptors (Lipinski definition) is 2. The van der Waals surface area contributed by atoms with Gasteiger partial charge in [0.05, 0.1) is 0 Å². The lowest BCUT2D eigenvalue weighted by molar-refractivity contribution is -0.116. The molecule has 21 heavy (non-hydrogen) atoms. The van der Waals surface area contributed by atoms with Crippen molar-refractivity contribution < 1.29 is 4.79 Å². The maximum Gasteiger partial charge on any atom is 0.224 e. The van der Waals surface area contributed by atoms with Crippen molar-refractivity contribution in [1.29, 1.82) is 0 Å². The van der Waals surface area contributed by atoms with Crippen molar-refractivity contribution in [2.24, 2.45) is 0 Å². The van der Waals surface area contributed by atoms with E-state index in [2.05, 4.69) is 27.4 Å². The predicted molar refractivity (Wildman–Crippen MR) is 84.1 cm³/mol. The van der Waals surface area contributed by atoms with Gasteiger partial charge in [-0.1, -0.05) is 18.2 Å². The van der Waals surface area contributed by atoms with Crippen molar-refractivity contribution >= 4 is 22.5 Å². The Morgan fingerprint density at radius 3 is 2.81 bits per heavy atom. The van der Waals surface area contributed by atoms with E-state index in [1.807, 2.05) is 18.3 Å². The van der Waals surface area contributed by atoms with Crippen LogP contribution in [0.4, 0.5) is 5.69 Å². The molecule has 0 fully saturated rings. The monoisotopic (exact) mass is 279 g/mol. The molecule has 2 aromatic heterocycles. The summed E-state index contributed by atoms with van der Waals surface area (Å²) in [4.78, 5) is 19.0. The van der Waals surface area contributed by atoms with Gasteiger partial charge in [-0.3, -0.25) is 9.78 Å². The zero-order chi connectivity index (χ0) is 14.5. The second-order valence-corrected chi connectivity index (χ2v) is 5.00. The van der Waals surface area contributed by atoms with Crippen molar-refractivity contribution in [2.75, 3.05) is 5.32 Å². The summed E-state index contributed by atoms with van der Waals surface area (Å²) in [6.45, 7) is 0. The van der Waals surface area contributed by atoms with E-state index >= 15 is 0 Å². The number of benzene rings is 1. The van der Waals surface area contributed by atoms with Gasteiger partial charge in [0.2, 0.25) is 5.91 Å². The van der Waals surface area contributed by atoms with Crippen LogP contribution in [-0.4, -0.2) is 15.9 Å². The standard InChI is InChI=1S/C17H17N3O/c21-17(20-14-8-10-18-11-9-14)7-3-4-13-12-19-16-6-2-1-5-15(13)16/h1-2,5-6,8-12,19H,3-4,7H2,(H,18,20,21). The molecule has 0 aliphatic heterocycles. The van der Waals surface area contributed by atoms with Crippen LogP contribution in [0.15, 0.2) is 55.0 Å². The number of fused-ring (bicyclic) bond motifs is 1. The highest BCUT2D eigenvalue weighted by molar-refractivity contribution is 5.90. The minimum Gasteiger partial charge on any atom is -0.361 e. The normalized spacial score (nSPS) is 10.7. The molecule has 106 valence electrons. The zero-order valence-electron chi connectivity index (χ0n) is 11.7. The Labute approximate surface area is 123 Å². The summed E-state index contributed by atoms with van der Waals surface area (Å²) in [5, 5.41) is 4.12. The third-order valence-corrected chi connectivity index (χ3v) is 3.49. The second kappa shape index (κ2) is 6.22. The van der Waals surface area contributed by atoms with Gasteiger partial charge in [-0.2, -0.15) is 0 Å². The molecule has 1 aromatic carbocycles. The molecule has 2 N–H and O–H groups in total. The summed E-state index contributed by atoms with van der Waals surface area (Å²) in [5.74, 6) is 0.0426. The number of nitrogens with one attached hydrogen (secondary N) is 2. The summed E-state index contributed by atoms with van der Waals surface area (Å²) in [7, 11) is 0. The van der Waals surface area contributed by atoms with E-state index in [4.69, 9.17) is 0 Å². The predicted octanol–water partition coefficient (Wildman–Crippen LogP) is 3.52. The summed E-state index contributed by atoms with van der Waals surface area (Å²) in [6, 6.07) is 11.8. The lowest BCUT2D eigenvalue weighted by Gasteiger charge is -2.04. The molecule has 2 heterocycles. The third-order valence-electron chi connectivity index (χ3n) is 3.49. The molecule has 0 atom stereocenters. The minimum atomic E-state index is 0.0426. The number of nitrogens with zero attached hydrogens (tertiary/aromatic N) is 1. The van der Waals surface area contributed by atoms with Gasteiger partial charge in [-0.05, 0) is 36.6 Å². The zero-order valence-corrected chi connectivity index (χ0v) is 11.7. The highest BCUT2D eigenvalue weighted by Gasteiger charge is 2.05. The molecule has 3 aromatic rings. The summed E-state index contributed by atoms with van der Waals surface area (Å²) in [6.07, 6.45) is 7.61. The van der Waals surface area contributed by atoms with Crippen LogP contribution in [-0.2, 0) is 11.2 Å². The highest BCUT2D eigenvalue weighted by Crippen LogP contribution is 2.19. The van der Waals surface area contributed by atoms with Gasteiger partial charge < -0.3 is 10.3 Å². The quantitative estimate of drug-likeness (QED) is 0.750. The van der Waals surface area contributed by atoms with Crippen molar-refractivity contribution in [2.45, 2.75) is 19.3 Å². The fraction of sp³-hybridized carbons (Fsp3) is 0.176. The molecule has 0 saturated heterocycles. The number of hydrogen-bond donors (Lipinski definition) is 2. The number of pyridine rings is 1.